The first-order valence-corrected chi connectivity index (χ1v) is 6.33. The lowest BCUT2D eigenvalue weighted by Gasteiger charge is -2.15. The highest BCUT2D eigenvalue weighted by Crippen LogP contribution is 2.30. The number of hydrogen-bond donors (Lipinski definition) is 1. The Morgan fingerprint density at radius 2 is 2.00 bits per heavy atom. The summed E-state index contributed by atoms with van der Waals surface area (Å²) in [6.07, 6.45) is 3.20. The lowest BCUT2D eigenvalue weighted by molar-refractivity contribution is -0.132. The van der Waals surface area contributed by atoms with Crippen LogP contribution in [0.2, 0.25) is 0 Å². The number of carbonyl (C=O) groups is 1. The fourth-order valence-electron chi connectivity index (χ4n) is 1.14. The molecule has 0 saturated heterocycles. The summed E-state index contributed by atoms with van der Waals surface area (Å²) in [4.78, 5) is 10.7. The molecule has 18 heavy (non-hydrogen) atoms. The van der Waals surface area contributed by atoms with E-state index in [1.54, 1.807) is 0 Å². The van der Waals surface area contributed by atoms with Gasteiger partial charge in [-0.05, 0) is 11.6 Å². The Balaban J connectivity index is 3.19. The first kappa shape index (κ1) is 14.8. The molecule has 100 valence electrons. The summed E-state index contributed by atoms with van der Waals surface area (Å²) in [6, 6.07) is 0. The molecule has 4 nitrogen and oxygen atoms in total. The van der Waals surface area contributed by atoms with E-state index in [1.165, 1.54) is 0 Å². The average Bonchev–Trinajstić information content (AvgIpc) is 2.18. The number of carboxylic acids is 1. The molecule has 1 rings (SSSR count). The largest absolute Gasteiger partial charge is 0.501 e. The molecule has 0 aromatic heterocycles. The van der Waals surface area contributed by atoms with Crippen molar-refractivity contribution in [2.75, 3.05) is 0 Å². The minimum Gasteiger partial charge on any atom is -0.478 e. The van der Waals surface area contributed by atoms with E-state index in [2.05, 4.69) is 0 Å². The zero-order valence-electron chi connectivity index (χ0n) is 8.48. The summed E-state index contributed by atoms with van der Waals surface area (Å²) < 4.78 is 58.2. The predicted molar refractivity (Wildman–Crippen MR) is 57.6 cm³/mol. The fraction of sp³-hybridized carbons (Fsp3) is 0.222. The van der Waals surface area contributed by atoms with Gasteiger partial charge in [0.05, 0.1) is 11.0 Å². The number of rotatable bonds is 2. The Morgan fingerprint density at radius 1 is 1.44 bits per heavy atom. The third-order valence-electron chi connectivity index (χ3n) is 1.99. The zero-order chi connectivity index (χ0) is 14.1. The van der Waals surface area contributed by atoms with Gasteiger partial charge in [0.25, 0.3) is 9.84 Å². The van der Waals surface area contributed by atoms with E-state index in [9.17, 15) is 26.4 Å². The van der Waals surface area contributed by atoms with E-state index in [0.29, 0.717) is 0 Å². The highest BCUT2D eigenvalue weighted by atomic mass is 35.5. The summed E-state index contributed by atoms with van der Waals surface area (Å²) in [5.74, 6) is -1.44. The van der Waals surface area contributed by atoms with Gasteiger partial charge in [0.2, 0.25) is 0 Å². The van der Waals surface area contributed by atoms with Crippen molar-refractivity contribution >= 4 is 27.4 Å². The number of alkyl halides is 4. The lowest BCUT2D eigenvalue weighted by Crippen LogP contribution is -2.23. The van der Waals surface area contributed by atoms with E-state index < -0.39 is 37.8 Å². The summed E-state index contributed by atoms with van der Waals surface area (Å²) in [7, 11) is -5.50. The molecule has 0 aliphatic heterocycles. The van der Waals surface area contributed by atoms with E-state index in [-0.39, 0.29) is 5.41 Å². The van der Waals surface area contributed by atoms with Gasteiger partial charge in [-0.1, -0.05) is 12.2 Å². The molecular weight excluding hydrogens is 297 g/mol. The van der Waals surface area contributed by atoms with Crippen LogP contribution in [0.1, 0.15) is 0 Å². The van der Waals surface area contributed by atoms with Gasteiger partial charge in [-0.2, -0.15) is 13.2 Å². The smallest absolute Gasteiger partial charge is 0.478 e. The maximum atomic E-state index is 12.1. The third kappa shape index (κ3) is 2.94. The van der Waals surface area contributed by atoms with Crippen molar-refractivity contribution in [2.24, 2.45) is 0 Å². The van der Waals surface area contributed by atoms with Crippen LogP contribution in [0.25, 0.3) is 0 Å². The average molecular weight is 303 g/mol. The lowest BCUT2D eigenvalue weighted by atomic mass is 10.0. The topological polar surface area (TPSA) is 71.4 Å². The summed E-state index contributed by atoms with van der Waals surface area (Å²) in [6.45, 7) is 0. The zero-order valence-corrected chi connectivity index (χ0v) is 10.1. The van der Waals surface area contributed by atoms with Gasteiger partial charge in [-0.25, -0.2) is 13.2 Å². The maximum Gasteiger partial charge on any atom is 0.501 e. The van der Waals surface area contributed by atoms with Crippen LogP contribution < -0.4 is 0 Å². The molecule has 1 atom stereocenters. The molecule has 0 saturated carbocycles. The molecule has 0 aromatic rings. The first-order valence-electron chi connectivity index (χ1n) is 4.35. The number of sulfone groups is 1. The molecule has 0 fully saturated rings. The highest BCUT2D eigenvalue weighted by Gasteiger charge is 2.44. The van der Waals surface area contributed by atoms with Gasteiger partial charge in [-0.3, -0.25) is 0 Å². The van der Waals surface area contributed by atoms with Gasteiger partial charge in [0.1, 0.15) is 0 Å². The van der Waals surface area contributed by atoms with Crippen LogP contribution in [-0.4, -0.2) is 30.4 Å². The van der Waals surface area contributed by atoms with Crippen LogP contribution in [0.15, 0.2) is 34.8 Å². The van der Waals surface area contributed by atoms with Gasteiger partial charge in [0, 0.05) is 5.41 Å². The van der Waals surface area contributed by atoms with Gasteiger partial charge in [-0.15, -0.1) is 11.6 Å². The minimum atomic E-state index is -5.50. The number of allylic oxidation sites excluding steroid dienone is 4. The molecule has 1 unspecified atom stereocenters. The number of hydrogen-bond acceptors (Lipinski definition) is 3. The molecule has 0 heterocycles. The fourth-order valence-corrected chi connectivity index (χ4v) is 2.22. The Hall–Kier alpha value is -1.28. The Kier molecular flexibility index (Phi) is 3.92. The number of carboxylic acid groups (broad SMARTS) is 1. The second kappa shape index (κ2) is 4.77. The van der Waals surface area contributed by atoms with Crippen molar-refractivity contribution < 1.29 is 31.5 Å². The van der Waals surface area contributed by atoms with E-state index in [0.717, 1.165) is 18.2 Å². The van der Waals surface area contributed by atoms with Crippen LogP contribution in [0.4, 0.5) is 13.2 Å². The molecule has 0 bridgehead atoms. The molecular formula is C9H6ClF3O4S. The minimum absolute atomic E-state index is 0.0723. The number of halogens is 4. The quantitative estimate of drug-likeness (QED) is 0.792. The normalized spacial score (nSPS) is 23.0. The van der Waals surface area contributed by atoms with Crippen LogP contribution >= 0.6 is 11.6 Å². The van der Waals surface area contributed by atoms with Crippen molar-refractivity contribution in [2.45, 2.75) is 10.9 Å². The molecule has 0 spiro atoms. The summed E-state index contributed by atoms with van der Waals surface area (Å²) >= 11 is 5.60. The standard InChI is InChI=1S/C9H6ClF3O4S/c10-7-5(2-1-3-6(7)8(14)15)4-18(16,17)9(11,12)13/h1-4,7H,(H,14,15). The summed E-state index contributed by atoms with van der Waals surface area (Å²) in [5, 5.41) is 7.17. The molecule has 1 N–H and O–H groups in total. The molecule has 1 aliphatic carbocycles. The number of aliphatic carboxylic acids is 1. The van der Waals surface area contributed by atoms with Gasteiger partial charge in [0.15, 0.2) is 0 Å². The molecule has 9 heteroatoms. The van der Waals surface area contributed by atoms with Gasteiger partial charge >= 0.3 is 11.5 Å². The summed E-state index contributed by atoms with van der Waals surface area (Å²) in [5.41, 5.74) is -6.30. The van der Waals surface area contributed by atoms with Crippen LogP contribution in [-0.2, 0) is 14.6 Å². The van der Waals surface area contributed by atoms with Crippen molar-refractivity contribution in [1.82, 2.24) is 0 Å². The van der Waals surface area contributed by atoms with Crippen molar-refractivity contribution in [3.63, 3.8) is 0 Å². The van der Waals surface area contributed by atoms with Gasteiger partial charge < -0.3 is 5.11 Å². The predicted octanol–water partition coefficient (Wildman–Crippen LogP) is 1.99. The molecule has 0 radical (unpaired) electrons. The van der Waals surface area contributed by atoms with Crippen molar-refractivity contribution in [3.8, 4) is 0 Å². The Bertz CT molecular complexity index is 557. The Morgan fingerprint density at radius 3 is 2.44 bits per heavy atom. The van der Waals surface area contributed by atoms with Crippen molar-refractivity contribution in [1.29, 1.82) is 0 Å². The van der Waals surface area contributed by atoms with E-state index >= 15 is 0 Å². The van der Waals surface area contributed by atoms with Crippen LogP contribution in [0.3, 0.4) is 0 Å². The third-order valence-corrected chi connectivity index (χ3v) is 3.71. The second-order valence-electron chi connectivity index (χ2n) is 3.26. The molecule has 0 aromatic carbocycles. The van der Waals surface area contributed by atoms with Crippen LogP contribution in [0, 0.1) is 0 Å². The monoisotopic (exact) mass is 302 g/mol. The SMILES string of the molecule is O=C(O)C1=CC=CC(=CS(=O)(=O)C(F)(F)F)C1Cl. The highest BCUT2D eigenvalue weighted by molar-refractivity contribution is 7.95. The molecule has 1 aliphatic rings. The Labute approximate surface area is 105 Å². The maximum absolute atomic E-state index is 12.1. The second-order valence-corrected chi connectivity index (χ2v) is 5.48. The first-order chi connectivity index (χ1) is 8.06. The van der Waals surface area contributed by atoms with E-state index in [1.807, 2.05) is 0 Å². The van der Waals surface area contributed by atoms with Crippen molar-refractivity contribution in [3.05, 3.63) is 34.8 Å². The molecule has 0 amide bonds. The van der Waals surface area contributed by atoms with E-state index in [4.69, 9.17) is 16.7 Å². The van der Waals surface area contributed by atoms with Crippen LogP contribution in [0.5, 0.6) is 0 Å².